The van der Waals surface area contributed by atoms with Crippen LogP contribution in [0.3, 0.4) is 0 Å². The van der Waals surface area contributed by atoms with Gasteiger partial charge in [0.2, 0.25) is 0 Å². The Kier molecular flexibility index (Phi) is 11.0. The van der Waals surface area contributed by atoms with Crippen molar-refractivity contribution in [3.8, 4) is 0 Å². The third kappa shape index (κ3) is 9.27. The lowest BCUT2D eigenvalue weighted by Crippen LogP contribution is -2.44. The molecule has 0 saturated carbocycles. The highest BCUT2D eigenvalue weighted by molar-refractivity contribution is 14.0. The minimum atomic E-state index is -0.462. The molecule has 2 aliphatic rings. The normalized spacial score (nSPS) is 21.7. The molecule has 2 heterocycles. The minimum Gasteiger partial charge on any atom is -0.444 e. The van der Waals surface area contributed by atoms with Gasteiger partial charge in [0.15, 0.2) is 5.96 Å². The van der Waals surface area contributed by atoms with Crippen molar-refractivity contribution in [1.82, 2.24) is 20.0 Å². The first-order valence-corrected chi connectivity index (χ1v) is 10.8. The molecule has 29 heavy (non-hydrogen) atoms. The van der Waals surface area contributed by atoms with Crippen molar-refractivity contribution in [2.45, 2.75) is 52.6 Å². The molecule has 1 amide bonds. The second-order valence-electron chi connectivity index (χ2n) is 9.50. The molecule has 2 atom stereocenters. The molecule has 2 unspecified atom stereocenters. The van der Waals surface area contributed by atoms with E-state index in [9.17, 15) is 4.79 Å². The smallest absolute Gasteiger partial charge is 0.410 e. The summed E-state index contributed by atoms with van der Waals surface area (Å²) < 4.78 is 5.43. The molecule has 0 aromatic heterocycles. The number of amides is 1. The topological polar surface area (TPSA) is 60.4 Å². The first-order chi connectivity index (χ1) is 13.2. The summed E-state index contributed by atoms with van der Waals surface area (Å²) in [4.78, 5) is 23.3. The van der Waals surface area contributed by atoms with E-state index < -0.39 is 5.60 Å². The highest BCUT2D eigenvalue weighted by Gasteiger charge is 2.27. The van der Waals surface area contributed by atoms with Crippen molar-refractivity contribution in [3.63, 3.8) is 0 Å². The van der Waals surface area contributed by atoms with E-state index in [1.54, 1.807) is 11.9 Å². The fourth-order valence-corrected chi connectivity index (χ4v) is 4.05. The van der Waals surface area contributed by atoms with E-state index in [0.717, 1.165) is 31.5 Å². The Morgan fingerprint density at radius 3 is 2.52 bits per heavy atom. The van der Waals surface area contributed by atoms with Gasteiger partial charge in [-0.05, 0) is 65.0 Å². The molecule has 0 aromatic rings. The summed E-state index contributed by atoms with van der Waals surface area (Å²) in [7, 11) is 3.65. The van der Waals surface area contributed by atoms with Gasteiger partial charge in [0, 0.05) is 46.8 Å². The van der Waals surface area contributed by atoms with Crippen LogP contribution in [-0.2, 0) is 4.74 Å². The van der Waals surface area contributed by atoms with E-state index >= 15 is 0 Å². The summed E-state index contributed by atoms with van der Waals surface area (Å²) in [5.41, 5.74) is -0.462. The maximum atomic E-state index is 12.1. The predicted molar refractivity (Wildman–Crippen MR) is 130 cm³/mol. The number of hydrogen-bond donors (Lipinski definition) is 1. The van der Waals surface area contributed by atoms with E-state index in [4.69, 9.17) is 4.74 Å². The summed E-state index contributed by atoms with van der Waals surface area (Å²) in [6, 6.07) is 0. The first-order valence-electron chi connectivity index (χ1n) is 10.8. The lowest BCUT2D eigenvalue weighted by atomic mass is 10.1. The van der Waals surface area contributed by atoms with Gasteiger partial charge >= 0.3 is 6.09 Å². The number of likely N-dealkylation sites (tertiary alicyclic amines) is 2. The minimum absolute atomic E-state index is 0. The van der Waals surface area contributed by atoms with Crippen molar-refractivity contribution in [2.24, 2.45) is 16.8 Å². The van der Waals surface area contributed by atoms with E-state index in [-0.39, 0.29) is 30.1 Å². The van der Waals surface area contributed by atoms with Crippen LogP contribution >= 0.6 is 24.0 Å². The number of ether oxygens (including phenoxy) is 1. The molecule has 0 aromatic carbocycles. The first kappa shape index (κ1) is 26.3. The van der Waals surface area contributed by atoms with Crippen molar-refractivity contribution in [2.75, 3.05) is 59.9 Å². The van der Waals surface area contributed by atoms with Gasteiger partial charge in [0.25, 0.3) is 0 Å². The lowest BCUT2D eigenvalue weighted by molar-refractivity contribution is 0.0278. The van der Waals surface area contributed by atoms with Crippen LogP contribution in [0.4, 0.5) is 4.79 Å². The molecular weight excluding hydrogens is 481 g/mol. The average Bonchev–Trinajstić information content (AvgIpc) is 3.26. The zero-order chi connectivity index (χ0) is 20.7. The van der Waals surface area contributed by atoms with Crippen LogP contribution in [0.5, 0.6) is 0 Å². The number of carbonyl (C=O) groups is 1. The van der Waals surface area contributed by atoms with Gasteiger partial charge in [0.1, 0.15) is 5.60 Å². The molecule has 1 N–H and O–H groups in total. The molecule has 0 spiro atoms. The molecule has 8 heteroatoms. The Labute approximate surface area is 194 Å². The fraction of sp³-hybridized carbons (Fsp3) is 0.905. The Morgan fingerprint density at radius 1 is 1.28 bits per heavy atom. The Morgan fingerprint density at radius 2 is 1.93 bits per heavy atom. The van der Waals surface area contributed by atoms with Crippen LogP contribution in [0, 0.1) is 11.8 Å². The number of nitrogens with zero attached hydrogens (tertiary/aromatic N) is 4. The second-order valence-corrected chi connectivity index (χ2v) is 9.50. The predicted octanol–water partition coefficient (Wildman–Crippen LogP) is 3.10. The monoisotopic (exact) mass is 523 g/mol. The van der Waals surface area contributed by atoms with Gasteiger partial charge in [-0.15, -0.1) is 24.0 Å². The van der Waals surface area contributed by atoms with Gasteiger partial charge in [0.05, 0.1) is 0 Å². The highest BCUT2D eigenvalue weighted by atomic mass is 127. The van der Waals surface area contributed by atoms with Crippen molar-refractivity contribution >= 4 is 36.0 Å². The van der Waals surface area contributed by atoms with E-state index in [0.29, 0.717) is 12.5 Å². The summed E-state index contributed by atoms with van der Waals surface area (Å²) in [5, 5.41) is 3.50. The summed E-state index contributed by atoms with van der Waals surface area (Å²) >= 11 is 0. The molecular formula is C21H42IN5O2. The van der Waals surface area contributed by atoms with Crippen molar-refractivity contribution in [1.29, 1.82) is 0 Å². The number of hydrogen-bond acceptors (Lipinski definition) is 4. The highest BCUT2D eigenvalue weighted by Crippen LogP contribution is 2.20. The summed E-state index contributed by atoms with van der Waals surface area (Å²) in [6.45, 7) is 15.2. The number of guanidine groups is 1. The molecule has 2 rings (SSSR count). The largest absolute Gasteiger partial charge is 0.444 e. The number of aliphatic imine (C=N–C) groups is 1. The Hall–Kier alpha value is -0.770. The summed E-state index contributed by atoms with van der Waals surface area (Å²) in [6.07, 6.45) is 3.69. The van der Waals surface area contributed by atoms with Gasteiger partial charge in [-0.25, -0.2) is 4.79 Å². The molecule has 170 valence electrons. The van der Waals surface area contributed by atoms with Gasteiger partial charge in [-0.1, -0.05) is 6.92 Å². The van der Waals surface area contributed by atoms with Crippen LogP contribution in [0.2, 0.25) is 0 Å². The van der Waals surface area contributed by atoms with E-state index in [1.807, 2.05) is 27.8 Å². The van der Waals surface area contributed by atoms with Gasteiger partial charge < -0.3 is 24.8 Å². The van der Waals surface area contributed by atoms with Crippen LogP contribution in [-0.4, -0.2) is 92.3 Å². The van der Waals surface area contributed by atoms with Crippen LogP contribution in [0.25, 0.3) is 0 Å². The number of carbonyl (C=O) groups excluding carboxylic acids is 1. The number of halogens is 1. The van der Waals surface area contributed by atoms with E-state index in [1.165, 1.54) is 38.9 Å². The Balaban J connectivity index is 0.00000420. The molecule has 0 aliphatic carbocycles. The molecule has 0 radical (unpaired) electrons. The van der Waals surface area contributed by atoms with E-state index in [2.05, 4.69) is 27.0 Å². The quantitative estimate of drug-likeness (QED) is 0.330. The summed E-state index contributed by atoms with van der Waals surface area (Å²) in [5.74, 6) is 2.03. The SMILES string of the molecule is CN=C(NCC(C)CN(C)C(=O)OC(C)(C)C)N1CCC(CN2CCCC2)C1.I. The van der Waals surface area contributed by atoms with Crippen molar-refractivity contribution < 1.29 is 9.53 Å². The van der Waals surface area contributed by atoms with Crippen LogP contribution in [0.15, 0.2) is 4.99 Å². The number of rotatable bonds is 6. The zero-order valence-electron chi connectivity index (χ0n) is 19.2. The lowest BCUT2D eigenvalue weighted by Gasteiger charge is -2.28. The average molecular weight is 524 g/mol. The third-order valence-corrected chi connectivity index (χ3v) is 5.41. The second kappa shape index (κ2) is 12.2. The molecule has 2 saturated heterocycles. The standard InChI is InChI=1S/C21H41N5O2.HI/c1-17(14-24(6)20(27)28-21(2,3)4)13-23-19(22-5)26-12-9-18(16-26)15-25-10-7-8-11-25;/h17-18H,7-16H2,1-6H3,(H,22,23);1H. The van der Waals surface area contributed by atoms with Gasteiger partial charge in [-0.3, -0.25) is 4.99 Å². The van der Waals surface area contributed by atoms with Gasteiger partial charge in [-0.2, -0.15) is 0 Å². The third-order valence-electron chi connectivity index (χ3n) is 5.41. The fourth-order valence-electron chi connectivity index (χ4n) is 4.05. The molecule has 2 fully saturated rings. The molecule has 0 bridgehead atoms. The van der Waals surface area contributed by atoms with Crippen LogP contribution < -0.4 is 5.32 Å². The van der Waals surface area contributed by atoms with Crippen LogP contribution in [0.1, 0.15) is 47.0 Å². The number of nitrogens with one attached hydrogen (secondary N) is 1. The molecule has 7 nitrogen and oxygen atoms in total. The maximum Gasteiger partial charge on any atom is 0.410 e. The van der Waals surface area contributed by atoms with Crippen molar-refractivity contribution in [3.05, 3.63) is 0 Å². The maximum absolute atomic E-state index is 12.1. The Bertz CT molecular complexity index is 532. The molecule has 2 aliphatic heterocycles. The zero-order valence-corrected chi connectivity index (χ0v) is 21.6.